The van der Waals surface area contributed by atoms with E-state index in [1.165, 1.54) is 0 Å². The largest absolute Gasteiger partial charge is 0.391 e. The van der Waals surface area contributed by atoms with Gasteiger partial charge in [-0.25, -0.2) is 4.98 Å². The molecule has 0 aliphatic carbocycles. The third-order valence-corrected chi connectivity index (χ3v) is 6.66. The second kappa shape index (κ2) is 9.05. The lowest BCUT2D eigenvalue weighted by Gasteiger charge is -2.28. The van der Waals surface area contributed by atoms with E-state index in [0.29, 0.717) is 6.54 Å². The van der Waals surface area contributed by atoms with Crippen LogP contribution in [0.15, 0.2) is 29.8 Å². The van der Waals surface area contributed by atoms with E-state index in [0.717, 1.165) is 21.7 Å². The van der Waals surface area contributed by atoms with Gasteiger partial charge in [-0.1, -0.05) is 45.0 Å². The van der Waals surface area contributed by atoms with E-state index in [4.69, 9.17) is 0 Å². The number of benzene rings is 1. The first kappa shape index (κ1) is 21.5. The molecule has 0 radical (unpaired) electrons. The van der Waals surface area contributed by atoms with E-state index in [-0.39, 0.29) is 36.6 Å². The van der Waals surface area contributed by atoms with Crippen molar-refractivity contribution in [1.82, 2.24) is 15.2 Å². The maximum Gasteiger partial charge on any atom is 0.243 e. The quantitative estimate of drug-likeness (QED) is 0.760. The molecule has 7 heteroatoms. The maximum atomic E-state index is 12.7. The average molecular weight is 416 g/mol. The second-order valence-corrected chi connectivity index (χ2v) is 8.97. The first-order valence-electron chi connectivity index (χ1n) is 10.0. The number of carbonyl (C=O) groups is 2. The van der Waals surface area contributed by atoms with E-state index >= 15 is 0 Å². The van der Waals surface area contributed by atoms with Crippen LogP contribution >= 0.6 is 11.3 Å². The Morgan fingerprint density at radius 3 is 2.55 bits per heavy atom. The number of aliphatic hydroxyl groups is 1. The number of nitrogens with zero attached hydrogens (tertiary/aromatic N) is 2. The second-order valence-electron chi connectivity index (χ2n) is 8.11. The van der Waals surface area contributed by atoms with Gasteiger partial charge in [0.1, 0.15) is 6.04 Å². The summed E-state index contributed by atoms with van der Waals surface area (Å²) in [5, 5.41) is 13.0. The Bertz CT molecular complexity index is 862. The zero-order valence-corrected chi connectivity index (χ0v) is 18.2. The zero-order valence-electron chi connectivity index (χ0n) is 17.4. The molecule has 6 nitrogen and oxygen atoms in total. The monoisotopic (exact) mass is 415 g/mol. The van der Waals surface area contributed by atoms with Crippen molar-refractivity contribution in [2.45, 2.75) is 52.8 Å². The molecule has 1 aliphatic rings. The Kier molecular flexibility index (Phi) is 6.70. The van der Waals surface area contributed by atoms with Crippen LogP contribution < -0.4 is 5.32 Å². The van der Waals surface area contributed by atoms with Crippen LogP contribution in [0.1, 0.15) is 38.4 Å². The van der Waals surface area contributed by atoms with E-state index < -0.39 is 12.1 Å². The summed E-state index contributed by atoms with van der Waals surface area (Å²) in [7, 11) is 0. The molecule has 2 unspecified atom stereocenters. The minimum Gasteiger partial charge on any atom is -0.391 e. The van der Waals surface area contributed by atoms with Gasteiger partial charge in [-0.2, -0.15) is 0 Å². The summed E-state index contributed by atoms with van der Waals surface area (Å²) in [5.41, 5.74) is 4.94. The Balaban J connectivity index is 1.62. The highest BCUT2D eigenvalue weighted by Gasteiger charge is 2.40. The average Bonchev–Trinajstić information content (AvgIpc) is 3.30. The predicted molar refractivity (Wildman–Crippen MR) is 114 cm³/mol. The molecule has 2 aromatic rings. The number of nitrogens with one attached hydrogen (secondary N) is 1. The van der Waals surface area contributed by atoms with Crippen LogP contribution in [0.2, 0.25) is 0 Å². The lowest BCUT2D eigenvalue weighted by Crippen LogP contribution is -2.48. The fraction of sp³-hybridized carbons (Fsp3) is 0.500. The highest BCUT2D eigenvalue weighted by molar-refractivity contribution is 7.13. The summed E-state index contributed by atoms with van der Waals surface area (Å²) in [6, 6.07) is 7.42. The Hall–Kier alpha value is -2.25. The molecular weight excluding hydrogens is 386 g/mol. The van der Waals surface area contributed by atoms with Crippen LogP contribution in [0, 0.1) is 18.8 Å². The fourth-order valence-electron chi connectivity index (χ4n) is 3.51. The van der Waals surface area contributed by atoms with Crippen molar-refractivity contribution >= 4 is 23.2 Å². The third kappa shape index (κ3) is 4.85. The number of likely N-dealkylation sites (tertiary alicyclic amines) is 1. The fourth-order valence-corrected chi connectivity index (χ4v) is 4.32. The van der Waals surface area contributed by atoms with Crippen LogP contribution in [0.25, 0.3) is 10.4 Å². The van der Waals surface area contributed by atoms with Gasteiger partial charge in [-0.05, 0) is 24.0 Å². The van der Waals surface area contributed by atoms with Crippen molar-refractivity contribution in [2.24, 2.45) is 11.8 Å². The van der Waals surface area contributed by atoms with Crippen molar-refractivity contribution in [3.8, 4) is 10.4 Å². The van der Waals surface area contributed by atoms with Crippen LogP contribution in [0.3, 0.4) is 0 Å². The van der Waals surface area contributed by atoms with Crippen molar-refractivity contribution in [3.63, 3.8) is 0 Å². The number of hydrogen-bond donors (Lipinski definition) is 2. The Morgan fingerprint density at radius 2 is 1.97 bits per heavy atom. The molecule has 1 aromatic heterocycles. The van der Waals surface area contributed by atoms with E-state index in [9.17, 15) is 14.7 Å². The van der Waals surface area contributed by atoms with Gasteiger partial charge in [-0.15, -0.1) is 11.3 Å². The lowest BCUT2D eigenvalue weighted by molar-refractivity contribution is -0.142. The molecule has 1 saturated heterocycles. The van der Waals surface area contributed by atoms with Crippen molar-refractivity contribution in [1.29, 1.82) is 0 Å². The molecule has 1 aliphatic heterocycles. The molecule has 0 bridgehead atoms. The normalized spacial score (nSPS) is 20.1. The van der Waals surface area contributed by atoms with Gasteiger partial charge < -0.3 is 15.3 Å². The van der Waals surface area contributed by atoms with Gasteiger partial charge in [0, 0.05) is 25.4 Å². The number of hydrogen-bond acceptors (Lipinski definition) is 5. The Labute approximate surface area is 176 Å². The van der Waals surface area contributed by atoms with Crippen LogP contribution in [0.5, 0.6) is 0 Å². The summed E-state index contributed by atoms with van der Waals surface area (Å²) >= 11 is 1.61. The van der Waals surface area contributed by atoms with Gasteiger partial charge in [0.2, 0.25) is 11.8 Å². The van der Waals surface area contributed by atoms with E-state index in [1.807, 2.05) is 57.5 Å². The van der Waals surface area contributed by atoms with Gasteiger partial charge in [-0.3, -0.25) is 9.59 Å². The lowest BCUT2D eigenvalue weighted by atomic mass is 9.96. The number of rotatable bonds is 6. The number of aliphatic hydroxyl groups excluding tert-OH is 1. The standard InChI is InChI=1S/C22H29N3O3S/c1-13(2)14(3)22(28)25-11-18(26)9-19(25)21(27)23-10-16-5-7-17(8-6-16)20-15(4)24-12-29-20/h5-8,12-14,18-19,26H,9-11H2,1-4H3,(H,23,27)/t14?,18-,19?/m1/s1. The number of β-amino-alcohol motifs (C(OH)–C–C–N with tert-alkyl or cyclic N) is 1. The van der Waals surface area contributed by atoms with Gasteiger partial charge >= 0.3 is 0 Å². The molecule has 2 heterocycles. The van der Waals surface area contributed by atoms with Crippen LogP contribution in [0.4, 0.5) is 0 Å². The molecule has 1 fully saturated rings. The van der Waals surface area contributed by atoms with Gasteiger partial charge in [0.25, 0.3) is 0 Å². The number of thiazole rings is 1. The van der Waals surface area contributed by atoms with Gasteiger partial charge in [0.15, 0.2) is 0 Å². The van der Waals surface area contributed by atoms with Crippen molar-refractivity contribution in [2.75, 3.05) is 6.54 Å². The topological polar surface area (TPSA) is 82.5 Å². The molecule has 2 N–H and O–H groups in total. The summed E-state index contributed by atoms with van der Waals surface area (Å²) in [5.74, 6) is -0.280. The number of aryl methyl sites for hydroxylation is 1. The number of carbonyl (C=O) groups excluding carboxylic acids is 2. The third-order valence-electron chi connectivity index (χ3n) is 5.68. The molecule has 0 saturated carbocycles. The molecule has 1 aromatic carbocycles. The van der Waals surface area contributed by atoms with Crippen molar-refractivity contribution < 1.29 is 14.7 Å². The van der Waals surface area contributed by atoms with Gasteiger partial charge in [0.05, 0.1) is 22.2 Å². The zero-order chi connectivity index (χ0) is 21.1. The molecule has 29 heavy (non-hydrogen) atoms. The first-order valence-corrected chi connectivity index (χ1v) is 10.9. The van der Waals surface area contributed by atoms with Crippen LogP contribution in [-0.4, -0.2) is 45.5 Å². The van der Waals surface area contributed by atoms with Crippen LogP contribution in [-0.2, 0) is 16.1 Å². The molecule has 3 rings (SSSR count). The number of aromatic nitrogens is 1. The highest BCUT2D eigenvalue weighted by atomic mass is 32.1. The minimum absolute atomic E-state index is 0.0685. The van der Waals surface area contributed by atoms with E-state index in [1.54, 1.807) is 16.2 Å². The summed E-state index contributed by atoms with van der Waals surface area (Å²) < 4.78 is 0. The summed E-state index contributed by atoms with van der Waals surface area (Å²) in [6.07, 6.45) is -0.373. The summed E-state index contributed by atoms with van der Waals surface area (Å²) in [4.78, 5) is 32.4. The molecule has 156 valence electrons. The molecule has 2 amide bonds. The van der Waals surface area contributed by atoms with E-state index in [2.05, 4.69) is 10.3 Å². The predicted octanol–water partition coefficient (Wildman–Crippen LogP) is 2.99. The summed E-state index contributed by atoms with van der Waals surface area (Å²) in [6.45, 7) is 8.44. The van der Waals surface area contributed by atoms with Crippen molar-refractivity contribution in [3.05, 3.63) is 41.0 Å². The smallest absolute Gasteiger partial charge is 0.243 e. The maximum absolute atomic E-state index is 12.7. The minimum atomic E-state index is -0.656. The highest BCUT2D eigenvalue weighted by Crippen LogP contribution is 2.27. The molecule has 0 spiro atoms. The first-order chi connectivity index (χ1) is 13.8. The molecule has 3 atom stereocenters. The number of amides is 2. The molecular formula is C22H29N3O3S. The SMILES string of the molecule is Cc1ncsc1-c1ccc(CNC(=O)C2C[C@@H](O)CN2C(=O)C(C)C(C)C)cc1. The Morgan fingerprint density at radius 1 is 1.28 bits per heavy atom.